The first-order valence-corrected chi connectivity index (χ1v) is 10.8. The average Bonchev–Trinajstić information content (AvgIpc) is 2.80. The molecule has 0 radical (unpaired) electrons. The Kier molecular flexibility index (Phi) is 6.50. The van der Waals surface area contributed by atoms with Crippen molar-refractivity contribution < 1.29 is 30.7 Å². The van der Waals surface area contributed by atoms with E-state index in [0.717, 1.165) is 12.5 Å². The van der Waals surface area contributed by atoms with Crippen molar-refractivity contribution in [3.05, 3.63) is 93.3 Å². The lowest BCUT2D eigenvalue weighted by atomic mass is 9.78. The first kappa shape index (κ1) is 23.3. The molecule has 1 aliphatic carbocycles. The van der Waals surface area contributed by atoms with E-state index >= 15 is 4.39 Å². The maximum Gasteiger partial charge on any atom is 0.169 e. The van der Waals surface area contributed by atoms with E-state index in [1.807, 2.05) is 6.92 Å². The van der Waals surface area contributed by atoms with E-state index in [9.17, 15) is 26.3 Å². The van der Waals surface area contributed by atoms with Crippen LogP contribution in [0.4, 0.5) is 30.7 Å². The van der Waals surface area contributed by atoms with Crippen molar-refractivity contribution in [1.29, 1.82) is 0 Å². The molecular weight excluding hydrogens is 445 g/mol. The van der Waals surface area contributed by atoms with Gasteiger partial charge in [-0.15, -0.1) is 0 Å². The van der Waals surface area contributed by atoms with Crippen LogP contribution in [0.2, 0.25) is 0 Å². The Hall–Kier alpha value is -2.83. The monoisotopic (exact) mass is 466 g/mol. The van der Waals surface area contributed by atoms with Crippen LogP contribution in [0.3, 0.4) is 0 Å². The predicted octanol–water partition coefficient (Wildman–Crippen LogP) is 7.94. The number of benzene rings is 3. The van der Waals surface area contributed by atoms with Gasteiger partial charge in [-0.3, -0.25) is 0 Å². The van der Waals surface area contributed by atoms with E-state index in [4.69, 9.17) is 0 Å². The van der Waals surface area contributed by atoms with Gasteiger partial charge in [0.25, 0.3) is 0 Å². The summed E-state index contributed by atoms with van der Waals surface area (Å²) in [4.78, 5) is 0. The van der Waals surface area contributed by atoms with Crippen molar-refractivity contribution in [2.75, 3.05) is 0 Å². The number of hydrogen-bond donors (Lipinski definition) is 0. The third-order valence-electron chi connectivity index (χ3n) is 6.36. The van der Waals surface area contributed by atoms with Crippen molar-refractivity contribution in [3.63, 3.8) is 0 Å². The van der Waals surface area contributed by atoms with Gasteiger partial charge in [-0.05, 0) is 78.0 Å². The third kappa shape index (κ3) is 4.13. The largest absolute Gasteiger partial charge is 0.206 e. The summed E-state index contributed by atoms with van der Waals surface area (Å²) in [7, 11) is 0. The van der Waals surface area contributed by atoms with E-state index in [1.165, 1.54) is 12.1 Å². The molecule has 3 aromatic carbocycles. The van der Waals surface area contributed by atoms with Crippen LogP contribution in [-0.4, -0.2) is 0 Å². The minimum Gasteiger partial charge on any atom is -0.206 e. The molecule has 0 aromatic heterocycles. The second kappa shape index (κ2) is 9.20. The van der Waals surface area contributed by atoms with Crippen LogP contribution in [0.15, 0.2) is 30.3 Å². The highest BCUT2D eigenvalue weighted by Crippen LogP contribution is 2.41. The highest BCUT2D eigenvalue weighted by atomic mass is 19.2. The molecule has 0 saturated carbocycles. The standard InChI is InChI=1S/C26H21F7/c1-2-3-4-13-5-8-16(24(31)22(13)29)14-6-9-17-18(11-14)25(32)26(33)21(23(17)30)15-7-10-19(27)20(28)12-15/h5,7-8,10,12,14H,2-4,6,9,11H2,1H3. The molecule has 4 rings (SSSR count). The van der Waals surface area contributed by atoms with Crippen LogP contribution in [0, 0.1) is 40.7 Å². The molecule has 0 N–H and O–H groups in total. The minimum absolute atomic E-state index is 0.0433. The van der Waals surface area contributed by atoms with Crippen LogP contribution in [0.25, 0.3) is 11.1 Å². The molecule has 1 aliphatic rings. The van der Waals surface area contributed by atoms with E-state index in [2.05, 4.69) is 0 Å². The normalized spacial score (nSPS) is 15.6. The van der Waals surface area contributed by atoms with Crippen molar-refractivity contribution in [1.82, 2.24) is 0 Å². The van der Waals surface area contributed by atoms with E-state index in [0.29, 0.717) is 25.0 Å². The molecular formula is C26H21F7. The summed E-state index contributed by atoms with van der Waals surface area (Å²) in [6.45, 7) is 1.94. The molecule has 0 saturated heterocycles. The summed E-state index contributed by atoms with van der Waals surface area (Å²) in [6.07, 6.45) is 1.86. The van der Waals surface area contributed by atoms with Gasteiger partial charge < -0.3 is 0 Å². The van der Waals surface area contributed by atoms with Crippen LogP contribution in [0.1, 0.15) is 54.4 Å². The van der Waals surface area contributed by atoms with Crippen molar-refractivity contribution in [3.8, 4) is 11.1 Å². The Morgan fingerprint density at radius 3 is 2.21 bits per heavy atom. The van der Waals surface area contributed by atoms with Gasteiger partial charge in [0.15, 0.2) is 34.9 Å². The second-order valence-electron chi connectivity index (χ2n) is 8.39. The summed E-state index contributed by atoms with van der Waals surface area (Å²) in [5, 5.41) is 0. The topological polar surface area (TPSA) is 0 Å². The van der Waals surface area contributed by atoms with Gasteiger partial charge in [0.05, 0.1) is 5.56 Å². The second-order valence-corrected chi connectivity index (χ2v) is 8.39. The molecule has 7 heteroatoms. The maximum absolute atomic E-state index is 15.2. The number of aryl methyl sites for hydroxylation is 1. The van der Waals surface area contributed by atoms with Gasteiger partial charge in [-0.1, -0.05) is 31.5 Å². The molecule has 0 aliphatic heterocycles. The summed E-state index contributed by atoms with van der Waals surface area (Å²) >= 11 is 0. The van der Waals surface area contributed by atoms with Crippen molar-refractivity contribution in [2.45, 2.75) is 51.4 Å². The lowest BCUT2D eigenvalue weighted by Crippen LogP contribution is -2.19. The Labute approximate surface area is 187 Å². The predicted molar refractivity (Wildman–Crippen MR) is 111 cm³/mol. The average molecular weight is 466 g/mol. The van der Waals surface area contributed by atoms with Gasteiger partial charge in [0.1, 0.15) is 5.82 Å². The highest BCUT2D eigenvalue weighted by molar-refractivity contribution is 5.67. The Morgan fingerprint density at radius 2 is 1.52 bits per heavy atom. The maximum atomic E-state index is 15.2. The van der Waals surface area contributed by atoms with Gasteiger partial charge in [0.2, 0.25) is 0 Å². The number of rotatable bonds is 5. The summed E-state index contributed by atoms with van der Waals surface area (Å²) in [5.74, 6) is -9.05. The minimum atomic E-state index is -1.53. The molecule has 174 valence electrons. The summed E-state index contributed by atoms with van der Waals surface area (Å²) < 4.78 is 101. The Morgan fingerprint density at radius 1 is 0.758 bits per heavy atom. The van der Waals surface area contributed by atoms with Crippen LogP contribution < -0.4 is 0 Å². The van der Waals surface area contributed by atoms with E-state index in [1.54, 1.807) is 0 Å². The zero-order valence-corrected chi connectivity index (χ0v) is 17.9. The number of hydrogen-bond acceptors (Lipinski definition) is 0. The van der Waals surface area contributed by atoms with Crippen LogP contribution >= 0.6 is 0 Å². The van der Waals surface area contributed by atoms with E-state index < -0.39 is 52.2 Å². The lowest BCUT2D eigenvalue weighted by molar-refractivity contribution is 0.441. The molecule has 0 amide bonds. The third-order valence-corrected chi connectivity index (χ3v) is 6.36. The zero-order chi connectivity index (χ0) is 23.9. The molecule has 0 spiro atoms. The van der Waals surface area contributed by atoms with Gasteiger partial charge in [-0.2, -0.15) is 0 Å². The number of halogens is 7. The zero-order valence-electron chi connectivity index (χ0n) is 17.9. The van der Waals surface area contributed by atoms with Gasteiger partial charge >= 0.3 is 0 Å². The smallest absolute Gasteiger partial charge is 0.169 e. The molecule has 0 nitrogen and oxygen atoms in total. The molecule has 33 heavy (non-hydrogen) atoms. The summed E-state index contributed by atoms with van der Waals surface area (Å²) in [5.41, 5.74) is -1.14. The molecule has 0 bridgehead atoms. The van der Waals surface area contributed by atoms with Gasteiger partial charge in [-0.25, -0.2) is 30.7 Å². The summed E-state index contributed by atoms with van der Waals surface area (Å²) in [6, 6.07) is 5.24. The lowest BCUT2D eigenvalue weighted by Gasteiger charge is -2.27. The van der Waals surface area contributed by atoms with Gasteiger partial charge in [0, 0.05) is 0 Å². The van der Waals surface area contributed by atoms with Crippen molar-refractivity contribution in [2.24, 2.45) is 0 Å². The Balaban J connectivity index is 1.72. The number of unbranched alkanes of at least 4 members (excludes halogenated alkanes) is 1. The number of fused-ring (bicyclic) bond motifs is 1. The van der Waals surface area contributed by atoms with E-state index in [-0.39, 0.29) is 47.1 Å². The van der Waals surface area contributed by atoms with Crippen molar-refractivity contribution >= 4 is 0 Å². The van der Waals surface area contributed by atoms with Crippen LogP contribution in [0.5, 0.6) is 0 Å². The molecule has 0 heterocycles. The SMILES string of the molecule is CCCCc1ccc(C2CCc3c(F)c(-c4ccc(F)c(F)c4)c(F)c(F)c3C2)c(F)c1F. The molecule has 1 atom stereocenters. The molecule has 1 unspecified atom stereocenters. The fourth-order valence-electron chi connectivity index (χ4n) is 4.55. The molecule has 3 aromatic rings. The highest BCUT2D eigenvalue weighted by Gasteiger charge is 2.32. The quantitative estimate of drug-likeness (QED) is 0.265. The first-order valence-electron chi connectivity index (χ1n) is 10.8. The fourth-order valence-corrected chi connectivity index (χ4v) is 4.55. The Bertz CT molecular complexity index is 1220. The first-order chi connectivity index (χ1) is 15.7. The fraction of sp³-hybridized carbons (Fsp3) is 0.308. The van der Waals surface area contributed by atoms with Crippen LogP contribution in [-0.2, 0) is 19.3 Å². The molecule has 0 fully saturated rings.